The zero-order valence-electron chi connectivity index (χ0n) is 9.96. The number of halogens is 3. The maximum absolute atomic E-state index is 12.6. The molecule has 0 aliphatic carbocycles. The van der Waals surface area contributed by atoms with Crippen LogP contribution >= 0.6 is 0 Å². The molecule has 3 rings (SSSR count). The molecule has 102 valence electrons. The highest BCUT2D eigenvalue weighted by atomic mass is 19.4. The smallest absolute Gasteiger partial charge is 0.398 e. The number of nitrogens with zero attached hydrogens (tertiary/aromatic N) is 4. The predicted molar refractivity (Wildman–Crippen MR) is 65.6 cm³/mol. The maximum Gasteiger partial charge on any atom is 0.416 e. The molecular weight excluding hydrogens is 271 g/mol. The molecule has 0 atom stereocenters. The van der Waals surface area contributed by atoms with Crippen molar-refractivity contribution in [2.45, 2.75) is 6.18 Å². The molecule has 0 spiro atoms. The third kappa shape index (κ3) is 1.94. The molecule has 3 aromatic rings. The number of alkyl halides is 3. The largest absolute Gasteiger partial charge is 0.416 e. The Bertz CT molecular complexity index is 778. The van der Waals surface area contributed by atoms with E-state index in [0.29, 0.717) is 17.0 Å². The van der Waals surface area contributed by atoms with Gasteiger partial charge in [-0.2, -0.15) is 13.2 Å². The lowest BCUT2D eigenvalue weighted by atomic mass is 10.1. The number of hydrogen-bond acceptors (Lipinski definition) is 4. The SMILES string of the molecule is Nc1cc(C(F)(F)F)ccc1-c1nnc2cnccn12. The topological polar surface area (TPSA) is 69.1 Å². The van der Waals surface area contributed by atoms with Gasteiger partial charge in [0.25, 0.3) is 0 Å². The molecule has 5 nitrogen and oxygen atoms in total. The van der Waals surface area contributed by atoms with Gasteiger partial charge in [0.1, 0.15) is 0 Å². The third-order valence-corrected chi connectivity index (χ3v) is 2.83. The van der Waals surface area contributed by atoms with E-state index in [2.05, 4.69) is 15.2 Å². The summed E-state index contributed by atoms with van der Waals surface area (Å²) in [5.74, 6) is 0.369. The number of nitrogen functional groups attached to an aromatic ring is 1. The molecule has 0 aliphatic heterocycles. The number of benzene rings is 1. The van der Waals surface area contributed by atoms with Gasteiger partial charge in [-0.3, -0.25) is 9.38 Å². The predicted octanol–water partition coefficient (Wildman–Crippen LogP) is 2.39. The first-order valence-electron chi connectivity index (χ1n) is 5.58. The van der Waals surface area contributed by atoms with Gasteiger partial charge in [0.05, 0.1) is 11.8 Å². The quantitative estimate of drug-likeness (QED) is 0.694. The van der Waals surface area contributed by atoms with Crippen LogP contribution in [0.3, 0.4) is 0 Å². The minimum Gasteiger partial charge on any atom is -0.398 e. The second-order valence-electron chi connectivity index (χ2n) is 4.13. The summed E-state index contributed by atoms with van der Waals surface area (Å²) in [7, 11) is 0. The van der Waals surface area contributed by atoms with Crippen LogP contribution in [0.15, 0.2) is 36.8 Å². The Morgan fingerprint density at radius 3 is 2.65 bits per heavy atom. The fourth-order valence-corrected chi connectivity index (χ4v) is 1.88. The van der Waals surface area contributed by atoms with E-state index in [1.165, 1.54) is 18.5 Å². The molecule has 0 amide bonds. The Morgan fingerprint density at radius 2 is 1.95 bits per heavy atom. The molecule has 0 radical (unpaired) electrons. The van der Waals surface area contributed by atoms with Gasteiger partial charge >= 0.3 is 6.18 Å². The van der Waals surface area contributed by atoms with Crippen molar-refractivity contribution in [1.29, 1.82) is 0 Å². The van der Waals surface area contributed by atoms with E-state index in [1.54, 1.807) is 10.6 Å². The first-order valence-corrected chi connectivity index (χ1v) is 5.58. The van der Waals surface area contributed by atoms with Crippen molar-refractivity contribution in [3.63, 3.8) is 0 Å². The lowest BCUT2D eigenvalue weighted by molar-refractivity contribution is -0.137. The first-order chi connectivity index (χ1) is 9.47. The van der Waals surface area contributed by atoms with Gasteiger partial charge < -0.3 is 5.73 Å². The van der Waals surface area contributed by atoms with E-state index in [0.717, 1.165) is 12.1 Å². The molecule has 0 bridgehead atoms. The van der Waals surface area contributed by atoms with E-state index in [9.17, 15) is 13.2 Å². The summed E-state index contributed by atoms with van der Waals surface area (Å²) in [5, 5.41) is 7.81. The van der Waals surface area contributed by atoms with Crippen LogP contribution in [0.25, 0.3) is 17.0 Å². The summed E-state index contributed by atoms with van der Waals surface area (Å²) in [6.07, 6.45) is 0.210. The fraction of sp³-hybridized carbons (Fsp3) is 0.0833. The van der Waals surface area contributed by atoms with Gasteiger partial charge in [-0.25, -0.2) is 0 Å². The van der Waals surface area contributed by atoms with Crippen LogP contribution in [-0.4, -0.2) is 19.6 Å². The lowest BCUT2D eigenvalue weighted by Crippen LogP contribution is -2.06. The number of nitrogens with two attached hydrogens (primary N) is 1. The van der Waals surface area contributed by atoms with Gasteiger partial charge in [-0.1, -0.05) is 0 Å². The molecule has 20 heavy (non-hydrogen) atoms. The molecule has 0 saturated heterocycles. The minimum atomic E-state index is -4.43. The molecule has 2 N–H and O–H groups in total. The van der Waals surface area contributed by atoms with Gasteiger partial charge in [0, 0.05) is 23.6 Å². The second kappa shape index (κ2) is 4.19. The Balaban J connectivity index is 2.16. The number of hydrogen-bond donors (Lipinski definition) is 1. The fourth-order valence-electron chi connectivity index (χ4n) is 1.88. The number of aromatic nitrogens is 4. The van der Waals surface area contributed by atoms with E-state index in [4.69, 9.17) is 5.73 Å². The second-order valence-corrected chi connectivity index (χ2v) is 4.13. The van der Waals surface area contributed by atoms with Crippen LogP contribution in [0.5, 0.6) is 0 Å². The number of rotatable bonds is 1. The van der Waals surface area contributed by atoms with Crippen LogP contribution < -0.4 is 5.73 Å². The maximum atomic E-state index is 12.6. The Kier molecular flexibility index (Phi) is 2.60. The molecular formula is C12H8F3N5. The first kappa shape index (κ1) is 12.4. The van der Waals surface area contributed by atoms with E-state index in [-0.39, 0.29) is 5.69 Å². The van der Waals surface area contributed by atoms with E-state index < -0.39 is 11.7 Å². The van der Waals surface area contributed by atoms with Gasteiger partial charge in [0.15, 0.2) is 11.5 Å². The summed E-state index contributed by atoms with van der Waals surface area (Å²) >= 11 is 0. The van der Waals surface area contributed by atoms with Crippen molar-refractivity contribution < 1.29 is 13.2 Å². The van der Waals surface area contributed by atoms with Crippen molar-refractivity contribution in [2.75, 3.05) is 5.73 Å². The molecule has 0 saturated carbocycles. The highest BCUT2D eigenvalue weighted by Gasteiger charge is 2.31. The van der Waals surface area contributed by atoms with Gasteiger partial charge in [0.2, 0.25) is 0 Å². The average Bonchev–Trinajstić information content (AvgIpc) is 2.81. The highest BCUT2D eigenvalue weighted by molar-refractivity contribution is 5.73. The molecule has 8 heteroatoms. The van der Waals surface area contributed by atoms with Crippen molar-refractivity contribution in [1.82, 2.24) is 19.6 Å². The summed E-state index contributed by atoms with van der Waals surface area (Å²) in [6.45, 7) is 0. The Morgan fingerprint density at radius 1 is 1.15 bits per heavy atom. The number of fused-ring (bicyclic) bond motifs is 1. The molecule has 0 aliphatic rings. The Labute approximate surface area is 110 Å². The third-order valence-electron chi connectivity index (χ3n) is 2.83. The molecule has 0 unspecified atom stereocenters. The van der Waals surface area contributed by atoms with Crippen LogP contribution in [0, 0.1) is 0 Å². The molecule has 2 heterocycles. The van der Waals surface area contributed by atoms with Gasteiger partial charge in [-0.15, -0.1) is 10.2 Å². The van der Waals surface area contributed by atoms with Crippen LogP contribution in [-0.2, 0) is 6.18 Å². The highest BCUT2D eigenvalue weighted by Crippen LogP contribution is 2.34. The van der Waals surface area contributed by atoms with Crippen LogP contribution in [0.1, 0.15) is 5.56 Å². The normalized spacial score (nSPS) is 11.9. The van der Waals surface area contributed by atoms with Crippen molar-refractivity contribution in [2.24, 2.45) is 0 Å². The standard InChI is InChI=1S/C12H8F3N5/c13-12(14,15)7-1-2-8(9(16)5-7)11-19-18-10-6-17-3-4-20(10)11/h1-6H,16H2. The summed E-state index contributed by atoms with van der Waals surface area (Å²) in [6, 6.07) is 3.14. The molecule has 0 fully saturated rings. The summed E-state index contributed by atoms with van der Waals surface area (Å²) in [5.41, 5.74) is 5.77. The van der Waals surface area contributed by atoms with Gasteiger partial charge in [-0.05, 0) is 18.2 Å². The monoisotopic (exact) mass is 279 g/mol. The molecule has 1 aromatic carbocycles. The van der Waals surface area contributed by atoms with Crippen LogP contribution in [0.4, 0.5) is 18.9 Å². The van der Waals surface area contributed by atoms with E-state index in [1.807, 2.05) is 0 Å². The van der Waals surface area contributed by atoms with E-state index >= 15 is 0 Å². The van der Waals surface area contributed by atoms with Crippen molar-refractivity contribution in [3.05, 3.63) is 42.4 Å². The van der Waals surface area contributed by atoms with Crippen molar-refractivity contribution >= 4 is 11.3 Å². The van der Waals surface area contributed by atoms with Crippen LogP contribution in [0.2, 0.25) is 0 Å². The Hall–Kier alpha value is -2.64. The molecule has 2 aromatic heterocycles. The minimum absolute atomic E-state index is 0.00839. The zero-order valence-corrected chi connectivity index (χ0v) is 9.96. The average molecular weight is 279 g/mol. The lowest BCUT2D eigenvalue weighted by Gasteiger charge is -2.09. The zero-order chi connectivity index (χ0) is 14.3. The summed E-state index contributed by atoms with van der Waals surface area (Å²) in [4.78, 5) is 3.89. The number of anilines is 1. The summed E-state index contributed by atoms with van der Waals surface area (Å²) < 4.78 is 39.4. The van der Waals surface area contributed by atoms with Crippen molar-refractivity contribution in [3.8, 4) is 11.4 Å².